The maximum Gasteiger partial charge on any atom is 0.271 e. The summed E-state index contributed by atoms with van der Waals surface area (Å²) in [7, 11) is 5.46. The zero-order valence-corrected chi connectivity index (χ0v) is 15.9. The summed E-state index contributed by atoms with van der Waals surface area (Å²) in [4.78, 5) is 26.1. The van der Waals surface area contributed by atoms with Crippen LogP contribution in [0.2, 0.25) is 0 Å². The number of nitrogens with zero attached hydrogens (tertiary/aromatic N) is 2. The van der Waals surface area contributed by atoms with Crippen LogP contribution < -0.4 is 20.4 Å². The third-order valence-corrected chi connectivity index (χ3v) is 3.78. The number of ether oxygens (including phenoxy) is 1. The summed E-state index contributed by atoms with van der Waals surface area (Å²) in [5, 5.41) is 6.79. The van der Waals surface area contributed by atoms with Gasteiger partial charge in [-0.2, -0.15) is 5.10 Å². The Kier molecular flexibility index (Phi) is 6.93. The number of hydrogen-bond acceptors (Lipinski definition) is 5. The number of carbonyl (C=O) groups excluding carboxylic acids is 2. The van der Waals surface area contributed by atoms with Crippen LogP contribution in [0.25, 0.3) is 0 Å². The van der Waals surface area contributed by atoms with Gasteiger partial charge in [-0.1, -0.05) is 0 Å². The van der Waals surface area contributed by atoms with Gasteiger partial charge in [-0.25, -0.2) is 5.43 Å². The van der Waals surface area contributed by atoms with Crippen molar-refractivity contribution in [2.45, 2.75) is 13.3 Å². The number of hydrogen-bond donors (Lipinski definition) is 2. The molecule has 0 aromatic heterocycles. The molecular formula is C20H24N4O3. The van der Waals surface area contributed by atoms with Gasteiger partial charge in [0.2, 0.25) is 5.91 Å². The first kappa shape index (κ1) is 20.0. The molecule has 0 aliphatic rings. The van der Waals surface area contributed by atoms with E-state index in [0.717, 1.165) is 5.69 Å². The molecule has 0 bridgehead atoms. The van der Waals surface area contributed by atoms with Crippen molar-refractivity contribution in [1.29, 1.82) is 0 Å². The number of hydrazone groups is 1. The smallest absolute Gasteiger partial charge is 0.271 e. The lowest BCUT2D eigenvalue weighted by Crippen LogP contribution is -2.21. The Hall–Kier alpha value is -3.35. The van der Waals surface area contributed by atoms with Crippen LogP contribution in [0.1, 0.15) is 23.7 Å². The van der Waals surface area contributed by atoms with Gasteiger partial charge >= 0.3 is 0 Å². The normalized spacial score (nSPS) is 10.9. The zero-order valence-electron chi connectivity index (χ0n) is 15.9. The van der Waals surface area contributed by atoms with Crippen LogP contribution in [0, 0.1) is 0 Å². The molecule has 7 heteroatoms. The van der Waals surface area contributed by atoms with Gasteiger partial charge < -0.3 is 15.0 Å². The molecule has 2 aromatic carbocycles. The van der Waals surface area contributed by atoms with Crippen LogP contribution in [0.3, 0.4) is 0 Å². The van der Waals surface area contributed by atoms with E-state index in [1.54, 1.807) is 38.3 Å². The Labute approximate surface area is 159 Å². The van der Waals surface area contributed by atoms with Gasteiger partial charge in [0.15, 0.2) is 0 Å². The monoisotopic (exact) mass is 368 g/mol. The fourth-order valence-electron chi connectivity index (χ4n) is 2.27. The van der Waals surface area contributed by atoms with Gasteiger partial charge in [0.25, 0.3) is 5.91 Å². The molecule has 0 saturated heterocycles. The van der Waals surface area contributed by atoms with Crippen LogP contribution in [0.15, 0.2) is 53.6 Å². The first-order valence-corrected chi connectivity index (χ1v) is 8.44. The van der Waals surface area contributed by atoms with Crippen molar-refractivity contribution in [3.8, 4) is 5.75 Å². The summed E-state index contributed by atoms with van der Waals surface area (Å²) < 4.78 is 5.05. The highest BCUT2D eigenvalue weighted by Gasteiger charge is 2.07. The number of carbonyl (C=O) groups is 2. The predicted molar refractivity (Wildman–Crippen MR) is 108 cm³/mol. The van der Waals surface area contributed by atoms with Crippen LogP contribution in [0.4, 0.5) is 11.4 Å². The van der Waals surface area contributed by atoms with Crippen LogP contribution >= 0.6 is 0 Å². The van der Waals surface area contributed by atoms with Crippen LogP contribution in [-0.4, -0.2) is 38.7 Å². The fourth-order valence-corrected chi connectivity index (χ4v) is 2.27. The lowest BCUT2D eigenvalue weighted by Gasteiger charge is -2.13. The van der Waals surface area contributed by atoms with E-state index < -0.39 is 0 Å². The zero-order chi connectivity index (χ0) is 19.8. The largest absolute Gasteiger partial charge is 0.497 e. The number of rotatable bonds is 7. The van der Waals surface area contributed by atoms with E-state index in [1.807, 2.05) is 43.3 Å². The van der Waals surface area contributed by atoms with Crippen LogP contribution in [0.5, 0.6) is 5.75 Å². The Morgan fingerprint density at radius 2 is 1.67 bits per heavy atom. The summed E-state index contributed by atoms with van der Waals surface area (Å²) in [5.41, 5.74) is 5.16. The summed E-state index contributed by atoms with van der Waals surface area (Å²) in [6.45, 7) is 1.68. The Morgan fingerprint density at radius 3 is 2.22 bits per heavy atom. The molecule has 27 heavy (non-hydrogen) atoms. The Morgan fingerprint density at radius 1 is 1.04 bits per heavy atom. The molecule has 0 fully saturated rings. The SMILES string of the molecule is COc1ccc(C(=O)N/N=C(\C)CC(=O)Nc2ccc(N(C)C)cc2)cc1. The van der Waals surface area contributed by atoms with E-state index in [-0.39, 0.29) is 18.2 Å². The maximum absolute atomic E-state index is 12.1. The Balaban J connectivity index is 1.86. The molecule has 0 atom stereocenters. The molecule has 0 heterocycles. The van der Waals surface area contributed by atoms with E-state index in [9.17, 15) is 9.59 Å². The lowest BCUT2D eigenvalue weighted by atomic mass is 10.2. The molecule has 0 unspecified atom stereocenters. The van der Waals surface area contributed by atoms with Crippen molar-refractivity contribution >= 4 is 28.9 Å². The van der Waals surface area contributed by atoms with Gasteiger partial charge in [0.05, 0.1) is 13.5 Å². The van der Waals surface area contributed by atoms with Crippen molar-refractivity contribution in [2.24, 2.45) is 5.10 Å². The average molecular weight is 368 g/mol. The minimum absolute atomic E-state index is 0.0817. The number of nitrogens with one attached hydrogen (secondary N) is 2. The highest BCUT2D eigenvalue weighted by Crippen LogP contribution is 2.15. The first-order valence-electron chi connectivity index (χ1n) is 8.44. The summed E-state index contributed by atoms with van der Waals surface area (Å²) in [6, 6.07) is 14.2. The van der Waals surface area contributed by atoms with Crippen LogP contribution in [-0.2, 0) is 4.79 Å². The van der Waals surface area contributed by atoms with Gasteiger partial charge in [-0.3, -0.25) is 9.59 Å². The molecule has 2 amide bonds. The first-order chi connectivity index (χ1) is 12.9. The molecule has 7 nitrogen and oxygen atoms in total. The lowest BCUT2D eigenvalue weighted by molar-refractivity contribution is -0.115. The van der Waals surface area contributed by atoms with E-state index in [4.69, 9.17) is 4.74 Å². The predicted octanol–water partition coefficient (Wildman–Crippen LogP) is 2.90. The molecular weight excluding hydrogens is 344 g/mol. The van der Waals surface area contributed by atoms with E-state index in [0.29, 0.717) is 22.7 Å². The molecule has 0 saturated carbocycles. The molecule has 2 N–H and O–H groups in total. The number of anilines is 2. The quantitative estimate of drug-likeness (QED) is 0.581. The topological polar surface area (TPSA) is 83.0 Å². The molecule has 2 rings (SSSR count). The second kappa shape index (κ2) is 9.38. The van der Waals surface area contributed by atoms with Crippen molar-refractivity contribution in [1.82, 2.24) is 5.43 Å². The van der Waals surface area contributed by atoms with Gasteiger partial charge in [-0.15, -0.1) is 0 Å². The number of methoxy groups -OCH3 is 1. The number of amides is 2. The van der Waals surface area contributed by atoms with Crippen molar-refractivity contribution in [3.63, 3.8) is 0 Å². The molecule has 0 spiro atoms. The third-order valence-electron chi connectivity index (χ3n) is 3.78. The minimum atomic E-state index is -0.350. The Bertz CT molecular complexity index is 812. The van der Waals surface area contributed by atoms with E-state index >= 15 is 0 Å². The van der Waals surface area contributed by atoms with E-state index in [2.05, 4.69) is 15.8 Å². The summed E-state index contributed by atoms with van der Waals surface area (Å²) in [5.74, 6) is 0.116. The summed E-state index contributed by atoms with van der Waals surface area (Å²) >= 11 is 0. The molecule has 0 aliphatic heterocycles. The second-order valence-electron chi connectivity index (χ2n) is 6.18. The van der Waals surface area contributed by atoms with Crippen molar-refractivity contribution in [3.05, 3.63) is 54.1 Å². The molecule has 142 valence electrons. The summed E-state index contributed by atoms with van der Waals surface area (Å²) in [6.07, 6.45) is 0.0817. The second-order valence-corrected chi connectivity index (χ2v) is 6.18. The number of benzene rings is 2. The fraction of sp³-hybridized carbons (Fsp3) is 0.250. The van der Waals surface area contributed by atoms with Crippen molar-refractivity contribution < 1.29 is 14.3 Å². The average Bonchev–Trinajstić information content (AvgIpc) is 2.66. The standard InChI is InChI=1S/C20H24N4O3/c1-14(22-23-20(26)15-5-11-18(27-4)12-6-15)13-19(25)21-16-7-9-17(10-8-16)24(2)3/h5-12H,13H2,1-4H3,(H,21,25)(H,23,26)/b22-14+. The molecule has 2 aromatic rings. The minimum Gasteiger partial charge on any atom is -0.497 e. The van der Waals surface area contributed by atoms with Gasteiger partial charge in [0.1, 0.15) is 5.75 Å². The maximum atomic E-state index is 12.1. The highest BCUT2D eigenvalue weighted by molar-refractivity contribution is 6.06. The molecule has 0 radical (unpaired) electrons. The highest BCUT2D eigenvalue weighted by atomic mass is 16.5. The third kappa shape index (κ3) is 6.14. The van der Waals surface area contributed by atoms with Gasteiger partial charge in [0, 0.05) is 36.7 Å². The molecule has 0 aliphatic carbocycles. The van der Waals surface area contributed by atoms with Gasteiger partial charge in [-0.05, 0) is 55.5 Å². The van der Waals surface area contributed by atoms with Crippen molar-refractivity contribution in [2.75, 3.05) is 31.4 Å². The van der Waals surface area contributed by atoms with E-state index in [1.165, 1.54) is 0 Å².